The maximum Gasteiger partial charge on any atom is 0.322 e. The summed E-state index contributed by atoms with van der Waals surface area (Å²) in [4.78, 5) is 39.4. The first-order valence-corrected chi connectivity index (χ1v) is 7.68. The summed E-state index contributed by atoms with van der Waals surface area (Å²) < 4.78 is 0. The number of hydrogen-bond donors (Lipinski definition) is 2. The average molecular weight is 316 g/mol. The Kier molecular flexibility index (Phi) is 4.04. The summed E-state index contributed by atoms with van der Waals surface area (Å²) in [6.07, 6.45) is 0. The predicted octanol–water partition coefficient (Wildman–Crippen LogP) is -0.233. The molecule has 3 rings (SSSR count). The first kappa shape index (κ1) is 15.5. The lowest BCUT2D eigenvalue weighted by molar-refractivity contribution is -0.124. The van der Waals surface area contributed by atoms with E-state index in [9.17, 15) is 14.4 Å². The first-order valence-electron chi connectivity index (χ1n) is 7.68. The minimum absolute atomic E-state index is 0.0119. The van der Waals surface area contributed by atoms with Gasteiger partial charge in [-0.3, -0.25) is 19.8 Å². The van der Waals surface area contributed by atoms with Gasteiger partial charge in [-0.25, -0.2) is 4.79 Å². The third-order valence-electron chi connectivity index (χ3n) is 4.35. The molecule has 2 heterocycles. The summed E-state index contributed by atoms with van der Waals surface area (Å²) in [6, 6.07) is 8.41. The highest BCUT2D eigenvalue weighted by molar-refractivity contribution is 6.06. The number of rotatable bonds is 3. The Labute approximate surface area is 134 Å². The highest BCUT2D eigenvalue weighted by atomic mass is 16.2. The van der Waals surface area contributed by atoms with Crippen LogP contribution < -0.4 is 21.0 Å². The molecule has 2 N–H and O–H groups in total. The summed E-state index contributed by atoms with van der Waals surface area (Å²) in [5, 5.41) is 4.95. The molecule has 0 aromatic heterocycles. The SMILES string of the molecule is CC1(CN2CCN(c3cccccc3=O)CC2)NC(=O)NC1=O. The van der Waals surface area contributed by atoms with Crippen molar-refractivity contribution in [2.45, 2.75) is 12.5 Å². The molecule has 23 heavy (non-hydrogen) atoms. The molecule has 2 fully saturated rings. The molecular weight excluding hydrogens is 296 g/mol. The van der Waals surface area contributed by atoms with Crippen molar-refractivity contribution in [3.05, 3.63) is 40.6 Å². The molecule has 1 unspecified atom stereocenters. The van der Waals surface area contributed by atoms with Gasteiger partial charge in [-0.1, -0.05) is 18.2 Å². The molecule has 1 aromatic carbocycles. The molecule has 7 heteroatoms. The predicted molar refractivity (Wildman–Crippen MR) is 86.4 cm³/mol. The minimum Gasteiger partial charge on any atom is -0.366 e. The van der Waals surface area contributed by atoms with Crippen molar-refractivity contribution in [2.24, 2.45) is 0 Å². The Morgan fingerprint density at radius 1 is 1.04 bits per heavy atom. The second-order valence-electron chi connectivity index (χ2n) is 6.16. The number of nitrogens with zero attached hydrogens (tertiary/aromatic N) is 2. The number of hydrogen-bond acceptors (Lipinski definition) is 5. The molecule has 0 spiro atoms. The zero-order valence-electron chi connectivity index (χ0n) is 13.0. The normalized spacial score (nSPS) is 25.2. The molecule has 3 amide bonds. The lowest BCUT2D eigenvalue weighted by Gasteiger charge is -2.38. The second kappa shape index (κ2) is 6.00. The van der Waals surface area contributed by atoms with Gasteiger partial charge in [0, 0.05) is 32.7 Å². The zero-order chi connectivity index (χ0) is 16.4. The average Bonchev–Trinajstić information content (AvgIpc) is 2.66. The Balaban J connectivity index is 1.63. The van der Waals surface area contributed by atoms with Crippen LogP contribution in [0.5, 0.6) is 0 Å². The summed E-state index contributed by atoms with van der Waals surface area (Å²) in [5.74, 6) is -0.290. The minimum atomic E-state index is -0.887. The molecular formula is C16H20N4O3. The van der Waals surface area contributed by atoms with E-state index in [2.05, 4.69) is 20.4 Å². The summed E-state index contributed by atoms with van der Waals surface area (Å²) >= 11 is 0. The molecule has 2 aliphatic rings. The third-order valence-corrected chi connectivity index (χ3v) is 4.35. The van der Waals surface area contributed by atoms with Crippen LogP contribution in [0.2, 0.25) is 0 Å². The van der Waals surface area contributed by atoms with Gasteiger partial charge in [-0.2, -0.15) is 0 Å². The first-order chi connectivity index (χ1) is 11.0. The number of urea groups is 1. The number of carbonyl (C=O) groups excluding carboxylic acids is 2. The van der Waals surface area contributed by atoms with Crippen LogP contribution in [-0.2, 0) is 4.79 Å². The Morgan fingerprint density at radius 2 is 1.74 bits per heavy atom. The van der Waals surface area contributed by atoms with Crippen LogP contribution in [0.15, 0.2) is 35.1 Å². The summed E-state index contributed by atoms with van der Waals surface area (Å²) in [6.45, 7) is 5.08. The molecule has 0 saturated carbocycles. The van der Waals surface area contributed by atoms with E-state index in [0.717, 1.165) is 13.1 Å². The van der Waals surface area contributed by atoms with E-state index in [0.29, 0.717) is 25.3 Å². The highest BCUT2D eigenvalue weighted by Gasteiger charge is 2.43. The maximum atomic E-state index is 12.1. The number of amides is 3. The van der Waals surface area contributed by atoms with Gasteiger partial charge in [0.05, 0.1) is 5.69 Å². The fraction of sp³-hybridized carbons (Fsp3) is 0.438. The van der Waals surface area contributed by atoms with Crippen molar-refractivity contribution >= 4 is 17.6 Å². The van der Waals surface area contributed by atoms with E-state index in [1.807, 2.05) is 18.2 Å². The fourth-order valence-electron chi connectivity index (χ4n) is 3.07. The molecule has 2 saturated heterocycles. The third kappa shape index (κ3) is 3.19. The van der Waals surface area contributed by atoms with Crippen molar-refractivity contribution < 1.29 is 9.59 Å². The lowest BCUT2D eigenvalue weighted by Crippen LogP contribution is -2.57. The van der Waals surface area contributed by atoms with Crippen LogP contribution in [0.1, 0.15) is 6.92 Å². The van der Waals surface area contributed by atoms with Gasteiger partial charge < -0.3 is 10.2 Å². The number of nitrogens with one attached hydrogen (secondary N) is 2. The van der Waals surface area contributed by atoms with Crippen molar-refractivity contribution in [3.63, 3.8) is 0 Å². The molecule has 0 radical (unpaired) electrons. The molecule has 0 bridgehead atoms. The Hall–Kier alpha value is -2.41. The number of anilines is 1. The quantitative estimate of drug-likeness (QED) is 0.753. The van der Waals surface area contributed by atoms with Gasteiger partial charge in [0.2, 0.25) is 5.43 Å². The van der Waals surface area contributed by atoms with E-state index in [1.165, 1.54) is 0 Å². The van der Waals surface area contributed by atoms with Gasteiger partial charge in [0.1, 0.15) is 5.54 Å². The molecule has 2 aliphatic heterocycles. The highest BCUT2D eigenvalue weighted by Crippen LogP contribution is 2.16. The zero-order valence-corrected chi connectivity index (χ0v) is 13.0. The smallest absolute Gasteiger partial charge is 0.322 e. The standard InChI is InChI=1S/C16H20N4O3/c1-16(14(22)17-15(23)18-16)11-19-7-9-20(10-8-19)12-5-3-2-4-6-13(12)21/h2-6H,7-11H2,1H3,(H2,17,18,22,23). The van der Waals surface area contributed by atoms with Crippen LogP contribution in [0, 0.1) is 0 Å². The largest absolute Gasteiger partial charge is 0.366 e. The summed E-state index contributed by atoms with van der Waals surface area (Å²) in [5.41, 5.74) is -0.173. The topological polar surface area (TPSA) is 81.8 Å². The number of imide groups is 1. The van der Waals surface area contributed by atoms with Crippen LogP contribution >= 0.6 is 0 Å². The van der Waals surface area contributed by atoms with Crippen LogP contribution in [0.3, 0.4) is 0 Å². The lowest BCUT2D eigenvalue weighted by atomic mass is 10.0. The monoisotopic (exact) mass is 316 g/mol. The van der Waals surface area contributed by atoms with Gasteiger partial charge in [0.25, 0.3) is 5.91 Å². The second-order valence-corrected chi connectivity index (χ2v) is 6.16. The van der Waals surface area contributed by atoms with Gasteiger partial charge in [-0.05, 0) is 19.1 Å². The van der Waals surface area contributed by atoms with Gasteiger partial charge in [0.15, 0.2) is 0 Å². The van der Waals surface area contributed by atoms with Crippen molar-refractivity contribution in [1.82, 2.24) is 15.5 Å². The van der Waals surface area contributed by atoms with E-state index in [1.54, 1.807) is 19.1 Å². The fourth-order valence-corrected chi connectivity index (χ4v) is 3.07. The molecule has 1 atom stereocenters. The summed E-state index contributed by atoms with van der Waals surface area (Å²) in [7, 11) is 0. The number of carbonyl (C=O) groups is 2. The van der Waals surface area contributed by atoms with Crippen LogP contribution in [0.25, 0.3) is 0 Å². The van der Waals surface area contributed by atoms with Crippen molar-refractivity contribution in [2.75, 3.05) is 37.6 Å². The maximum absolute atomic E-state index is 12.1. The van der Waals surface area contributed by atoms with E-state index < -0.39 is 11.6 Å². The van der Waals surface area contributed by atoms with E-state index in [-0.39, 0.29) is 11.3 Å². The number of piperazine rings is 1. The Morgan fingerprint density at radius 3 is 2.39 bits per heavy atom. The van der Waals surface area contributed by atoms with Gasteiger partial charge >= 0.3 is 6.03 Å². The molecule has 122 valence electrons. The Bertz CT molecular complexity index is 685. The van der Waals surface area contributed by atoms with Crippen molar-refractivity contribution in [1.29, 1.82) is 0 Å². The van der Waals surface area contributed by atoms with Crippen molar-refractivity contribution in [3.8, 4) is 0 Å². The van der Waals surface area contributed by atoms with Crippen LogP contribution in [0.4, 0.5) is 10.5 Å². The van der Waals surface area contributed by atoms with E-state index in [4.69, 9.17) is 0 Å². The molecule has 1 aromatic rings. The molecule has 7 nitrogen and oxygen atoms in total. The van der Waals surface area contributed by atoms with Crippen LogP contribution in [-0.4, -0.2) is 55.1 Å². The van der Waals surface area contributed by atoms with Gasteiger partial charge in [-0.15, -0.1) is 0 Å². The molecule has 0 aliphatic carbocycles. The van der Waals surface area contributed by atoms with E-state index >= 15 is 0 Å².